The van der Waals surface area contributed by atoms with Crippen molar-refractivity contribution < 1.29 is 18.8 Å². The highest BCUT2D eigenvalue weighted by atomic mass is 32.2. The van der Waals surface area contributed by atoms with E-state index >= 15 is 0 Å². The second kappa shape index (κ2) is 11.7. The lowest BCUT2D eigenvalue weighted by Gasteiger charge is -2.07. The van der Waals surface area contributed by atoms with Crippen molar-refractivity contribution in [3.05, 3.63) is 47.3 Å². The Morgan fingerprint density at radius 3 is 2.70 bits per heavy atom. The van der Waals surface area contributed by atoms with Crippen LogP contribution >= 0.6 is 23.5 Å². The average Bonchev–Trinajstić information content (AvgIpc) is 2.99. The number of carbonyl (C=O) groups is 2. The van der Waals surface area contributed by atoms with Crippen LogP contribution in [0.4, 0.5) is 0 Å². The molecule has 0 spiro atoms. The van der Waals surface area contributed by atoms with Gasteiger partial charge < -0.3 is 14.6 Å². The van der Waals surface area contributed by atoms with Gasteiger partial charge in [-0.2, -0.15) is 0 Å². The van der Waals surface area contributed by atoms with E-state index in [4.69, 9.17) is 9.26 Å². The molecule has 1 amide bonds. The van der Waals surface area contributed by atoms with E-state index in [9.17, 15) is 9.59 Å². The molecule has 0 unspecified atom stereocenters. The molecule has 1 heterocycles. The van der Waals surface area contributed by atoms with Crippen molar-refractivity contribution in [2.45, 2.75) is 30.9 Å². The van der Waals surface area contributed by atoms with E-state index in [1.54, 1.807) is 11.8 Å². The Labute approximate surface area is 167 Å². The van der Waals surface area contributed by atoms with Crippen LogP contribution in [0.3, 0.4) is 0 Å². The molecular weight excluding hydrogens is 384 g/mol. The van der Waals surface area contributed by atoms with Gasteiger partial charge in [-0.1, -0.05) is 23.4 Å². The van der Waals surface area contributed by atoms with E-state index in [0.29, 0.717) is 12.3 Å². The van der Waals surface area contributed by atoms with Gasteiger partial charge in [-0.15, -0.1) is 23.5 Å². The van der Waals surface area contributed by atoms with Crippen molar-refractivity contribution in [3.8, 4) is 0 Å². The first kappa shape index (κ1) is 21.4. The number of ether oxygens (including phenoxy) is 1. The first-order chi connectivity index (χ1) is 13.1. The summed E-state index contributed by atoms with van der Waals surface area (Å²) in [6.07, 6.45) is 0.854. The van der Waals surface area contributed by atoms with Gasteiger partial charge in [-0.05, 0) is 38.2 Å². The maximum absolute atomic E-state index is 11.7. The molecule has 0 aliphatic rings. The molecular formula is C19H24N2O4S2. The SMILES string of the molecule is Cc1noc(C)c1CSCC(=O)OCC(=O)NCCCSc1ccccc1. The minimum Gasteiger partial charge on any atom is -0.455 e. The zero-order valence-corrected chi connectivity index (χ0v) is 17.2. The van der Waals surface area contributed by atoms with Crippen LogP contribution in [0.15, 0.2) is 39.8 Å². The summed E-state index contributed by atoms with van der Waals surface area (Å²) < 4.78 is 10.1. The Balaban J connectivity index is 1.50. The summed E-state index contributed by atoms with van der Waals surface area (Å²) >= 11 is 3.16. The largest absolute Gasteiger partial charge is 0.455 e. The van der Waals surface area contributed by atoms with Crippen LogP contribution in [0, 0.1) is 13.8 Å². The molecule has 6 nitrogen and oxygen atoms in total. The normalized spacial score (nSPS) is 10.6. The highest BCUT2D eigenvalue weighted by Gasteiger charge is 2.11. The molecule has 2 aromatic rings. The van der Waals surface area contributed by atoms with Crippen LogP contribution in [0.5, 0.6) is 0 Å². The van der Waals surface area contributed by atoms with E-state index < -0.39 is 5.97 Å². The Morgan fingerprint density at radius 1 is 1.22 bits per heavy atom. The van der Waals surface area contributed by atoms with E-state index in [1.807, 2.05) is 32.0 Å². The van der Waals surface area contributed by atoms with E-state index in [-0.39, 0.29) is 18.3 Å². The molecule has 0 saturated heterocycles. The molecule has 0 aliphatic heterocycles. The van der Waals surface area contributed by atoms with Crippen molar-refractivity contribution in [1.82, 2.24) is 10.5 Å². The Morgan fingerprint density at radius 2 is 2.00 bits per heavy atom. The third-order valence-corrected chi connectivity index (χ3v) is 5.70. The fourth-order valence-corrected chi connectivity index (χ4v) is 4.03. The first-order valence-electron chi connectivity index (χ1n) is 8.66. The lowest BCUT2D eigenvalue weighted by molar-refractivity contribution is -0.145. The summed E-state index contributed by atoms with van der Waals surface area (Å²) in [5, 5.41) is 6.63. The number of aryl methyl sites for hydroxylation is 2. The third kappa shape index (κ3) is 8.09. The summed E-state index contributed by atoms with van der Waals surface area (Å²) in [4.78, 5) is 24.6. The molecule has 146 valence electrons. The molecule has 1 N–H and O–H groups in total. The average molecular weight is 409 g/mol. The Hall–Kier alpha value is -1.93. The first-order valence-corrected chi connectivity index (χ1v) is 10.8. The quantitative estimate of drug-likeness (QED) is 0.347. The van der Waals surface area contributed by atoms with Crippen molar-refractivity contribution in [1.29, 1.82) is 0 Å². The van der Waals surface area contributed by atoms with Gasteiger partial charge >= 0.3 is 5.97 Å². The monoisotopic (exact) mass is 408 g/mol. The van der Waals surface area contributed by atoms with Gasteiger partial charge in [0, 0.05) is 22.8 Å². The lowest BCUT2D eigenvalue weighted by Crippen LogP contribution is -2.30. The molecule has 0 bridgehead atoms. The summed E-state index contributed by atoms with van der Waals surface area (Å²) in [7, 11) is 0. The second-order valence-corrected chi connectivity index (χ2v) is 7.98. The minimum absolute atomic E-state index is 0.186. The molecule has 0 saturated carbocycles. The Bertz CT molecular complexity index is 715. The number of hydrogen-bond donors (Lipinski definition) is 1. The molecule has 0 atom stereocenters. The predicted octanol–water partition coefficient (Wildman–Crippen LogP) is 3.37. The number of benzene rings is 1. The number of nitrogens with zero attached hydrogens (tertiary/aromatic N) is 1. The lowest BCUT2D eigenvalue weighted by atomic mass is 10.2. The van der Waals surface area contributed by atoms with E-state index in [1.165, 1.54) is 16.7 Å². The van der Waals surface area contributed by atoms with Gasteiger partial charge in [-0.25, -0.2) is 0 Å². The fraction of sp³-hybridized carbons (Fsp3) is 0.421. The summed E-state index contributed by atoms with van der Waals surface area (Å²) in [6.45, 7) is 4.04. The van der Waals surface area contributed by atoms with Gasteiger partial charge in [0.25, 0.3) is 5.91 Å². The molecule has 1 aromatic heterocycles. The highest BCUT2D eigenvalue weighted by Crippen LogP contribution is 2.19. The Kier molecular flexibility index (Phi) is 9.27. The summed E-state index contributed by atoms with van der Waals surface area (Å²) in [5.41, 5.74) is 1.83. The summed E-state index contributed by atoms with van der Waals surface area (Å²) in [5.74, 6) is 1.82. The number of aromatic nitrogens is 1. The van der Waals surface area contributed by atoms with E-state index in [2.05, 4.69) is 22.6 Å². The van der Waals surface area contributed by atoms with Gasteiger partial charge in [0.05, 0.1) is 11.4 Å². The van der Waals surface area contributed by atoms with Gasteiger partial charge in [0.15, 0.2) is 6.61 Å². The van der Waals surface area contributed by atoms with E-state index in [0.717, 1.165) is 29.2 Å². The summed E-state index contributed by atoms with van der Waals surface area (Å²) in [6, 6.07) is 10.1. The number of esters is 1. The fourth-order valence-electron chi connectivity index (χ4n) is 2.19. The maximum atomic E-state index is 11.7. The highest BCUT2D eigenvalue weighted by molar-refractivity contribution is 7.99. The molecule has 0 fully saturated rings. The van der Waals surface area contributed by atoms with Gasteiger partial charge in [0.1, 0.15) is 5.76 Å². The molecule has 0 radical (unpaired) electrons. The number of amides is 1. The number of thioether (sulfide) groups is 2. The molecule has 1 aromatic carbocycles. The van der Waals surface area contributed by atoms with Crippen LogP contribution in [0.2, 0.25) is 0 Å². The topological polar surface area (TPSA) is 81.4 Å². The smallest absolute Gasteiger partial charge is 0.316 e. The van der Waals surface area contributed by atoms with Crippen molar-refractivity contribution in [2.24, 2.45) is 0 Å². The van der Waals surface area contributed by atoms with Gasteiger partial charge in [-0.3, -0.25) is 9.59 Å². The zero-order chi connectivity index (χ0) is 19.5. The number of rotatable bonds is 11. The molecule has 0 aliphatic carbocycles. The van der Waals surface area contributed by atoms with Crippen molar-refractivity contribution >= 4 is 35.4 Å². The number of carbonyl (C=O) groups excluding carboxylic acids is 2. The zero-order valence-electron chi connectivity index (χ0n) is 15.5. The van der Waals surface area contributed by atoms with Crippen molar-refractivity contribution in [3.63, 3.8) is 0 Å². The van der Waals surface area contributed by atoms with Crippen LogP contribution in [0.25, 0.3) is 0 Å². The molecule has 2 rings (SSSR count). The van der Waals surface area contributed by atoms with Crippen LogP contribution in [-0.2, 0) is 20.1 Å². The minimum atomic E-state index is -0.401. The third-order valence-electron chi connectivity index (χ3n) is 3.67. The predicted molar refractivity (Wildman–Crippen MR) is 108 cm³/mol. The number of nitrogens with one attached hydrogen (secondary N) is 1. The molecule has 27 heavy (non-hydrogen) atoms. The standard InChI is InChI=1S/C19H24N2O4S2/c1-14-17(15(2)25-21-14)12-26-13-19(23)24-11-18(22)20-9-6-10-27-16-7-4-3-5-8-16/h3-5,7-8H,6,9-13H2,1-2H3,(H,20,22). The van der Waals surface area contributed by atoms with Crippen molar-refractivity contribution in [2.75, 3.05) is 24.7 Å². The van der Waals surface area contributed by atoms with Crippen LogP contribution < -0.4 is 5.32 Å². The number of hydrogen-bond acceptors (Lipinski definition) is 7. The van der Waals surface area contributed by atoms with Crippen LogP contribution in [-0.4, -0.2) is 41.7 Å². The van der Waals surface area contributed by atoms with Crippen LogP contribution in [0.1, 0.15) is 23.4 Å². The second-order valence-electron chi connectivity index (χ2n) is 5.82. The maximum Gasteiger partial charge on any atom is 0.316 e. The molecule has 8 heteroatoms. The van der Waals surface area contributed by atoms with Gasteiger partial charge in [0.2, 0.25) is 0 Å².